The van der Waals surface area contributed by atoms with E-state index in [1.807, 2.05) is 30.3 Å². The molecule has 3 N–H and O–H groups in total. The van der Waals surface area contributed by atoms with Gasteiger partial charge in [0.25, 0.3) is 0 Å². The fourth-order valence-electron chi connectivity index (χ4n) is 2.56. The smallest absolute Gasteiger partial charge is 0.404 e. The summed E-state index contributed by atoms with van der Waals surface area (Å²) >= 11 is 0. The van der Waals surface area contributed by atoms with E-state index in [1.54, 1.807) is 18.2 Å². The van der Waals surface area contributed by atoms with Crippen LogP contribution >= 0.6 is 0 Å². The van der Waals surface area contributed by atoms with Crippen LogP contribution in [0.1, 0.15) is 24.8 Å². The molecule has 0 saturated heterocycles. The highest BCUT2D eigenvalue weighted by Gasteiger charge is 2.04. The Morgan fingerprint density at radius 2 is 1.86 bits per heavy atom. The summed E-state index contributed by atoms with van der Waals surface area (Å²) in [6.07, 6.45) is 3.09. The molecule has 7 heteroatoms. The van der Waals surface area contributed by atoms with Crippen LogP contribution in [0, 0.1) is 11.3 Å². The van der Waals surface area contributed by atoms with Gasteiger partial charge in [-0.15, -0.1) is 0 Å². The summed E-state index contributed by atoms with van der Waals surface area (Å²) in [7, 11) is 0. The van der Waals surface area contributed by atoms with Crippen molar-refractivity contribution in [1.29, 1.82) is 5.26 Å². The van der Waals surface area contributed by atoms with Crippen molar-refractivity contribution in [3.8, 4) is 17.6 Å². The molecule has 7 nitrogen and oxygen atoms in total. The first-order valence-electron chi connectivity index (χ1n) is 9.36. The molecule has 0 aliphatic heterocycles. The van der Waals surface area contributed by atoms with Crippen LogP contribution in [0.25, 0.3) is 0 Å². The largest absolute Gasteiger partial charge is 0.493 e. The lowest BCUT2D eigenvalue weighted by Crippen LogP contribution is -2.21. The number of nitrogens with one attached hydrogen (secondary N) is 2. The molecule has 0 radical (unpaired) electrons. The molecule has 0 aliphatic carbocycles. The van der Waals surface area contributed by atoms with E-state index < -0.39 is 6.09 Å². The number of benzene rings is 2. The van der Waals surface area contributed by atoms with Crippen molar-refractivity contribution >= 4 is 17.5 Å². The van der Waals surface area contributed by atoms with Gasteiger partial charge >= 0.3 is 6.09 Å². The zero-order valence-corrected chi connectivity index (χ0v) is 16.2. The van der Waals surface area contributed by atoms with Gasteiger partial charge in [0.05, 0.1) is 18.2 Å². The van der Waals surface area contributed by atoms with Crippen molar-refractivity contribution in [2.24, 2.45) is 0 Å². The third-order valence-electron chi connectivity index (χ3n) is 3.91. The summed E-state index contributed by atoms with van der Waals surface area (Å²) in [5.41, 5.74) is 2.12. The zero-order chi connectivity index (χ0) is 20.9. The molecule has 0 aliphatic rings. The van der Waals surface area contributed by atoms with Crippen LogP contribution in [0.4, 0.5) is 16.2 Å². The molecule has 1 amide bonds. The average Bonchev–Trinajstić information content (AvgIpc) is 2.72. The number of amides is 1. The second kappa shape index (κ2) is 11.9. The third kappa shape index (κ3) is 8.26. The molecule has 2 rings (SSSR count). The number of nitriles is 1. The molecule has 0 aromatic heterocycles. The zero-order valence-electron chi connectivity index (χ0n) is 16.2. The van der Waals surface area contributed by atoms with Gasteiger partial charge in [-0.2, -0.15) is 5.26 Å². The SMILES string of the molecule is C=CCOc1ccc(Nc2cc(C#N)cc(OCCCCCNC(=O)O)c2)cc1. The molecule has 152 valence electrons. The molecule has 0 heterocycles. The normalized spacial score (nSPS) is 9.90. The number of anilines is 2. The molecule has 2 aromatic rings. The number of hydrogen-bond donors (Lipinski definition) is 3. The Morgan fingerprint density at radius 3 is 2.55 bits per heavy atom. The van der Waals surface area contributed by atoms with E-state index in [0.29, 0.717) is 31.1 Å². The van der Waals surface area contributed by atoms with E-state index in [0.717, 1.165) is 36.4 Å². The average molecular weight is 395 g/mol. The van der Waals surface area contributed by atoms with E-state index in [-0.39, 0.29) is 0 Å². The summed E-state index contributed by atoms with van der Waals surface area (Å²) in [6.45, 7) is 5.00. The van der Waals surface area contributed by atoms with Crippen LogP contribution in [0.3, 0.4) is 0 Å². The molecule has 0 spiro atoms. The van der Waals surface area contributed by atoms with Gasteiger partial charge < -0.3 is 25.2 Å². The van der Waals surface area contributed by atoms with Crippen molar-refractivity contribution in [2.45, 2.75) is 19.3 Å². The summed E-state index contributed by atoms with van der Waals surface area (Å²) in [5, 5.41) is 23.4. The Balaban J connectivity index is 1.88. The van der Waals surface area contributed by atoms with Crippen LogP contribution in [-0.2, 0) is 0 Å². The summed E-state index contributed by atoms with van der Waals surface area (Å²) in [5.74, 6) is 1.37. The minimum Gasteiger partial charge on any atom is -0.493 e. The third-order valence-corrected chi connectivity index (χ3v) is 3.91. The first-order valence-corrected chi connectivity index (χ1v) is 9.36. The summed E-state index contributed by atoms with van der Waals surface area (Å²) < 4.78 is 11.2. The Labute approximate surface area is 170 Å². The van der Waals surface area contributed by atoms with Gasteiger partial charge in [0, 0.05) is 24.0 Å². The number of hydrogen-bond acceptors (Lipinski definition) is 5. The highest BCUT2D eigenvalue weighted by atomic mass is 16.5. The van der Waals surface area contributed by atoms with Gasteiger partial charge in [0.15, 0.2) is 0 Å². The van der Waals surface area contributed by atoms with E-state index in [9.17, 15) is 10.1 Å². The van der Waals surface area contributed by atoms with Crippen LogP contribution in [0.2, 0.25) is 0 Å². The lowest BCUT2D eigenvalue weighted by atomic mass is 10.2. The lowest BCUT2D eigenvalue weighted by Gasteiger charge is -2.12. The Morgan fingerprint density at radius 1 is 1.07 bits per heavy atom. The molecular formula is C22H25N3O4. The summed E-state index contributed by atoms with van der Waals surface area (Å²) in [4.78, 5) is 10.4. The Kier molecular flexibility index (Phi) is 8.90. The van der Waals surface area contributed by atoms with Gasteiger partial charge in [0.1, 0.15) is 18.1 Å². The predicted octanol–water partition coefficient (Wildman–Crippen LogP) is 4.68. The molecule has 29 heavy (non-hydrogen) atoms. The van der Waals surface area contributed by atoms with Crippen molar-refractivity contribution in [2.75, 3.05) is 25.1 Å². The Bertz CT molecular complexity index is 844. The molecular weight excluding hydrogens is 370 g/mol. The monoisotopic (exact) mass is 395 g/mol. The number of unbranched alkanes of at least 4 members (excludes halogenated alkanes) is 2. The maximum Gasteiger partial charge on any atom is 0.404 e. The number of rotatable bonds is 12. The van der Waals surface area contributed by atoms with Gasteiger partial charge in [-0.25, -0.2) is 4.79 Å². The van der Waals surface area contributed by atoms with Gasteiger partial charge in [-0.3, -0.25) is 0 Å². The first kappa shape index (κ1) is 21.6. The van der Waals surface area contributed by atoms with E-state index in [4.69, 9.17) is 14.6 Å². The van der Waals surface area contributed by atoms with Crippen molar-refractivity contribution in [3.63, 3.8) is 0 Å². The van der Waals surface area contributed by atoms with Crippen molar-refractivity contribution in [1.82, 2.24) is 5.32 Å². The van der Waals surface area contributed by atoms with E-state index in [1.165, 1.54) is 0 Å². The molecule has 0 fully saturated rings. The fourth-order valence-corrected chi connectivity index (χ4v) is 2.56. The van der Waals surface area contributed by atoms with E-state index >= 15 is 0 Å². The minimum absolute atomic E-state index is 0.435. The first-order chi connectivity index (χ1) is 14.1. The van der Waals surface area contributed by atoms with Crippen molar-refractivity contribution in [3.05, 3.63) is 60.7 Å². The van der Waals surface area contributed by atoms with Crippen LogP contribution in [-0.4, -0.2) is 31.0 Å². The van der Waals surface area contributed by atoms with Crippen LogP contribution in [0.15, 0.2) is 55.1 Å². The van der Waals surface area contributed by atoms with Crippen molar-refractivity contribution < 1.29 is 19.4 Å². The number of nitrogens with zero attached hydrogens (tertiary/aromatic N) is 1. The fraction of sp³-hybridized carbons (Fsp3) is 0.273. The lowest BCUT2D eigenvalue weighted by molar-refractivity contribution is 0.194. The molecule has 0 saturated carbocycles. The van der Waals surface area contributed by atoms with Gasteiger partial charge in [-0.1, -0.05) is 12.7 Å². The Hall–Kier alpha value is -3.66. The highest BCUT2D eigenvalue weighted by Crippen LogP contribution is 2.25. The van der Waals surface area contributed by atoms with Crippen LogP contribution < -0.4 is 20.1 Å². The van der Waals surface area contributed by atoms with Crippen LogP contribution in [0.5, 0.6) is 11.5 Å². The van der Waals surface area contributed by atoms with Gasteiger partial charge in [0.2, 0.25) is 0 Å². The standard InChI is InChI=1S/C22H25N3O4/c1-2-11-28-20-8-6-18(7-9-20)25-19-13-17(16-23)14-21(15-19)29-12-5-3-4-10-24-22(26)27/h2,6-9,13-15,24-25H,1,3-5,10-12H2,(H,26,27). The molecule has 0 unspecified atom stereocenters. The quantitative estimate of drug-likeness (QED) is 0.356. The van der Waals surface area contributed by atoms with Gasteiger partial charge in [-0.05, 0) is 55.7 Å². The second-order valence-corrected chi connectivity index (χ2v) is 6.25. The topological polar surface area (TPSA) is 104 Å². The number of carboxylic acid groups (broad SMARTS) is 1. The van der Waals surface area contributed by atoms with E-state index in [2.05, 4.69) is 23.3 Å². The molecule has 0 atom stereocenters. The maximum atomic E-state index is 10.4. The highest BCUT2D eigenvalue weighted by molar-refractivity contribution is 5.64. The molecule has 0 bridgehead atoms. The predicted molar refractivity (Wildman–Crippen MR) is 112 cm³/mol. The maximum absolute atomic E-state index is 10.4. The molecule has 2 aromatic carbocycles. The minimum atomic E-state index is -1.01. The summed E-state index contributed by atoms with van der Waals surface area (Å²) in [6, 6.07) is 14.9. The second-order valence-electron chi connectivity index (χ2n) is 6.25. The number of carbonyl (C=O) groups is 1. The number of ether oxygens (including phenoxy) is 2.